The number of hydrogen-bond acceptors (Lipinski definition) is 4. The van der Waals surface area contributed by atoms with Gasteiger partial charge in [-0.2, -0.15) is 5.26 Å². The molecule has 3 aromatic rings. The SMILES string of the molecule is Cc1cc(N/N=N/c2ccc(C(=N)NCc3ccc(Cl)cc3)c(C)c2)ccc1C#N. The lowest BCUT2D eigenvalue weighted by atomic mass is 10.1. The Hall–Kier alpha value is -3.69. The van der Waals surface area contributed by atoms with Crippen LogP contribution in [0.1, 0.15) is 27.8 Å². The molecule has 7 heteroatoms. The minimum atomic E-state index is 0.345. The minimum Gasteiger partial charge on any atom is -0.366 e. The first-order valence-electron chi connectivity index (χ1n) is 9.31. The molecule has 30 heavy (non-hydrogen) atoms. The van der Waals surface area contributed by atoms with E-state index >= 15 is 0 Å². The third-order valence-electron chi connectivity index (χ3n) is 4.55. The van der Waals surface area contributed by atoms with Crippen molar-refractivity contribution >= 4 is 28.8 Å². The Morgan fingerprint density at radius 2 is 1.80 bits per heavy atom. The van der Waals surface area contributed by atoms with Crippen LogP contribution in [-0.2, 0) is 6.54 Å². The lowest BCUT2D eigenvalue weighted by Gasteiger charge is -2.11. The predicted octanol–water partition coefficient (Wildman–Crippen LogP) is 6.05. The summed E-state index contributed by atoms with van der Waals surface area (Å²) < 4.78 is 0. The van der Waals surface area contributed by atoms with Crippen molar-refractivity contribution in [2.24, 2.45) is 10.3 Å². The number of anilines is 1. The standard InChI is InChI=1S/C23H21ClN6/c1-15-11-20(8-5-18(15)13-25)28-30-29-21-9-10-22(16(2)12-21)23(26)27-14-17-3-6-19(24)7-4-17/h3-12H,14H2,1-2H3,(H2,26,27)(H,28,29). The van der Waals surface area contributed by atoms with Crippen molar-refractivity contribution in [2.75, 3.05) is 5.43 Å². The number of hydrogen-bond donors (Lipinski definition) is 3. The van der Waals surface area contributed by atoms with Crippen molar-refractivity contribution in [1.29, 1.82) is 10.7 Å². The molecular formula is C23H21ClN6. The van der Waals surface area contributed by atoms with Gasteiger partial charge in [-0.3, -0.25) is 10.8 Å². The molecule has 3 N–H and O–H groups in total. The summed E-state index contributed by atoms with van der Waals surface area (Å²) in [4.78, 5) is 0. The monoisotopic (exact) mass is 416 g/mol. The second-order valence-corrected chi connectivity index (χ2v) is 7.24. The van der Waals surface area contributed by atoms with Crippen LogP contribution in [0, 0.1) is 30.6 Å². The smallest absolute Gasteiger partial charge is 0.125 e. The van der Waals surface area contributed by atoms with Crippen LogP contribution in [0.5, 0.6) is 0 Å². The van der Waals surface area contributed by atoms with E-state index in [1.54, 1.807) is 12.1 Å². The Kier molecular flexibility index (Phi) is 6.79. The number of nitriles is 1. The third-order valence-corrected chi connectivity index (χ3v) is 4.81. The predicted molar refractivity (Wildman–Crippen MR) is 120 cm³/mol. The Bertz CT molecular complexity index is 1130. The summed E-state index contributed by atoms with van der Waals surface area (Å²) in [5, 5.41) is 29.3. The number of amidine groups is 1. The number of rotatable bonds is 6. The van der Waals surface area contributed by atoms with Crippen molar-refractivity contribution in [1.82, 2.24) is 5.32 Å². The summed E-state index contributed by atoms with van der Waals surface area (Å²) in [6.07, 6.45) is 0. The molecule has 0 saturated heterocycles. The van der Waals surface area contributed by atoms with E-state index in [9.17, 15) is 0 Å². The van der Waals surface area contributed by atoms with Gasteiger partial charge < -0.3 is 5.32 Å². The van der Waals surface area contributed by atoms with E-state index in [4.69, 9.17) is 22.3 Å². The van der Waals surface area contributed by atoms with E-state index in [0.29, 0.717) is 28.7 Å². The van der Waals surface area contributed by atoms with Gasteiger partial charge in [-0.15, -0.1) is 5.11 Å². The summed E-state index contributed by atoms with van der Waals surface area (Å²) in [7, 11) is 0. The van der Waals surface area contributed by atoms with Gasteiger partial charge in [0.05, 0.1) is 23.0 Å². The molecule has 3 aromatic carbocycles. The van der Waals surface area contributed by atoms with E-state index in [0.717, 1.165) is 27.9 Å². The maximum atomic E-state index is 8.99. The number of nitrogens with one attached hydrogen (secondary N) is 3. The first-order chi connectivity index (χ1) is 14.5. The molecule has 0 atom stereocenters. The summed E-state index contributed by atoms with van der Waals surface area (Å²) in [5.41, 5.74) is 8.60. The molecule has 0 aliphatic heterocycles. The Morgan fingerprint density at radius 1 is 1.03 bits per heavy atom. The number of aryl methyl sites for hydroxylation is 2. The van der Waals surface area contributed by atoms with Crippen molar-refractivity contribution in [2.45, 2.75) is 20.4 Å². The van der Waals surface area contributed by atoms with Gasteiger partial charge in [-0.25, -0.2) is 0 Å². The summed E-state index contributed by atoms with van der Waals surface area (Å²) >= 11 is 5.90. The highest BCUT2D eigenvalue weighted by Gasteiger charge is 2.06. The Balaban J connectivity index is 1.60. The molecular weight excluding hydrogens is 396 g/mol. The third kappa shape index (κ3) is 5.43. The van der Waals surface area contributed by atoms with Gasteiger partial charge in [-0.1, -0.05) is 29.0 Å². The Labute approximate surface area is 180 Å². The van der Waals surface area contributed by atoms with E-state index in [-0.39, 0.29) is 0 Å². The molecule has 6 nitrogen and oxygen atoms in total. The van der Waals surface area contributed by atoms with Gasteiger partial charge in [0.2, 0.25) is 0 Å². The molecule has 0 bridgehead atoms. The highest BCUT2D eigenvalue weighted by atomic mass is 35.5. The van der Waals surface area contributed by atoms with Crippen molar-refractivity contribution in [3.8, 4) is 6.07 Å². The lowest BCUT2D eigenvalue weighted by Crippen LogP contribution is -2.23. The van der Waals surface area contributed by atoms with E-state index < -0.39 is 0 Å². The fourth-order valence-electron chi connectivity index (χ4n) is 2.88. The van der Waals surface area contributed by atoms with Crippen LogP contribution in [0.25, 0.3) is 0 Å². The molecule has 0 heterocycles. The van der Waals surface area contributed by atoms with Crippen LogP contribution in [0.2, 0.25) is 5.02 Å². The van der Waals surface area contributed by atoms with Crippen LogP contribution >= 0.6 is 11.6 Å². The highest BCUT2D eigenvalue weighted by molar-refractivity contribution is 6.30. The van der Waals surface area contributed by atoms with Crippen molar-refractivity contribution in [3.63, 3.8) is 0 Å². The lowest BCUT2D eigenvalue weighted by molar-refractivity contribution is 0.907. The zero-order chi connectivity index (χ0) is 21.5. The fraction of sp³-hybridized carbons (Fsp3) is 0.130. The molecule has 0 radical (unpaired) electrons. The van der Waals surface area contributed by atoms with Crippen LogP contribution in [-0.4, -0.2) is 5.84 Å². The topological polar surface area (TPSA) is 96.4 Å². The largest absolute Gasteiger partial charge is 0.366 e. The summed E-state index contributed by atoms with van der Waals surface area (Å²) in [6.45, 7) is 4.36. The number of nitrogens with zero attached hydrogens (tertiary/aromatic N) is 3. The van der Waals surface area contributed by atoms with Gasteiger partial charge in [0.15, 0.2) is 0 Å². The number of benzene rings is 3. The molecule has 0 aliphatic rings. The van der Waals surface area contributed by atoms with Gasteiger partial charge in [-0.05, 0) is 79.1 Å². The average molecular weight is 417 g/mol. The maximum absolute atomic E-state index is 8.99. The van der Waals surface area contributed by atoms with Crippen LogP contribution in [0.3, 0.4) is 0 Å². The molecule has 0 spiro atoms. The normalized spacial score (nSPS) is 10.6. The van der Waals surface area contributed by atoms with Gasteiger partial charge >= 0.3 is 0 Å². The van der Waals surface area contributed by atoms with Crippen LogP contribution < -0.4 is 10.7 Å². The molecule has 0 unspecified atom stereocenters. The Morgan fingerprint density at radius 3 is 2.47 bits per heavy atom. The molecule has 0 fully saturated rings. The van der Waals surface area contributed by atoms with E-state index in [2.05, 4.69) is 27.1 Å². The molecule has 0 aliphatic carbocycles. The molecule has 0 aromatic heterocycles. The highest BCUT2D eigenvalue weighted by Crippen LogP contribution is 2.20. The summed E-state index contributed by atoms with van der Waals surface area (Å²) in [6, 6.07) is 20.6. The zero-order valence-electron chi connectivity index (χ0n) is 16.7. The van der Waals surface area contributed by atoms with Crippen molar-refractivity contribution < 1.29 is 0 Å². The van der Waals surface area contributed by atoms with Crippen molar-refractivity contribution in [3.05, 3.63) is 93.5 Å². The quantitative estimate of drug-likeness (QED) is 0.197. The molecule has 0 saturated carbocycles. The first-order valence-corrected chi connectivity index (χ1v) is 9.69. The summed E-state index contributed by atoms with van der Waals surface area (Å²) in [5.74, 6) is 0.345. The second-order valence-electron chi connectivity index (χ2n) is 6.81. The first kappa shape index (κ1) is 21.0. The van der Waals surface area contributed by atoms with E-state index in [1.165, 1.54) is 0 Å². The van der Waals surface area contributed by atoms with Crippen LogP contribution in [0.15, 0.2) is 71.0 Å². The molecule has 150 valence electrons. The fourth-order valence-corrected chi connectivity index (χ4v) is 3.00. The van der Waals surface area contributed by atoms with Gasteiger partial charge in [0.1, 0.15) is 5.84 Å². The second kappa shape index (κ2) is 9.68. The molecule has 0 amide bonds. The zero-order valence-corrected chi connectivity index (χ0v) is 17.5. The minimum absolute atomic E-state index is 0.345. The van der Waals surface area contributed by atoms with Gasteiger partial charge in [0, 0.05) is 17.1 Å². The van der Waals surface area contributed by atoms with Gasteiger partial charge in [0.25, 0.3) is 0 Å². The maximum Gasteiger partial charge on any atom is 0.125 e. The average Bonchev–Trinajstić information content (AvgIpc) is 2.73. The van der Waals surface area contributed by atoms with E-state index in [1.807, 2.05) is 62.4 Å². The van der Waals surface area contributed by atoms with Crippen LogP contribution in [0.4, 0.5) is 11.4 Å². The molecule has 3 rings (SSSR count). The number of halogens is 1.